The number of hydrogen-bond acceptors (Lipinski definition) is 3. The second-order valence-corrected chi connectivity index (χ2v) is 4.70. The SMILES string of the molecule is O=C(NC1(CCl)CCOCC1)c1ccoc1Cl. The van der Waals surface area contributed by atoms with Crippen molar-refractivity contribution in [2.75, 3.05) is 19.1 Å². The molecule has 1 saturated heterocycles. The Labute approximate surface area is 109 Å². The zero-order valence-corrected chi connectivity index (χ0v) is 10.7. The molecular weight excluding hydrogens is 265 g/mol. The lowest BCUT2D eigenvalue weighted by molar-refractivity contribution is 0.0433. The Kier molecular flexibility index (Phi) is 3.97. The van der Waals surface area contributed by atoms with Crippen LogP contribution < -0.4 is 5.32 Å². The van der Waals surface area contributed by atoms with E-state index in [-0.39, 0.29) is 11.1 Å². The Morgan fingerprint density at radius 1 is 1.47 bits per heavy atom. The summed E-state index contributed by atoms with van der Waals surface area (Å²) in [7, 11) is 0. The van der Waals surface area contributed by atoms with E-state index in [1.165, 1.54) is 6.26 Å². The molecule has 2 rings (SSSR count). The van der Waals surface area contributed by atoms with Crippen LogP contribution in [-0.2, 0) is 4.74 Å². The molecule has 4 nitrogen and oxygen atoms in total. The number of amides is 1. The monoisotopic (exact) mass is 277 g/mol. The van der Waals surface area contributed by atoms with E-state index in [9.17, 15) is 4.79 Å². The minimum Gasteiger partial charge on any atom is -0.452 e. The smallest absolute Gasteiger partial charge is 0.256 e. The van der Waals surface area contributed by atoms with Gasteiger partial charge < -0.3 is 14.5 Å². The molecule has 6 heteroatoms. The van der Waals surface area contributed by atoms with Gasteiger partial charge in [-0.15, -0.1) is 11.6 Å². The Morgan fingerprint density at radius 2 is 2.18 bits per heavy atom. The van der Waals surface area contributed by atoms with E-state index < -0.39 is 5.54 Å². The highest BCUT2D eigenvalue weighted by atomic mass is 35.5. The van der Waals surface area contributed by atoms with Crippen LogP contribution in [0.3, 0.4) is 0 Å². The predicted octanol–water partition coefficient (Wildman–Crippen LogP) is 2.45. The van der Waals surface area contributed by atoms with Crippen molar-refractivity contribution in [1.82, 2.24) is 5.32 Å². The highest BCUT2D eigenvalue weighted by molar-refractivity contribution is 6.32. The van der Waals surface area contributed by atoms with Gasteiger partial charge in [0.2, 0.25) is 5.22 Å². The summed E-state index contributed by atoms with van der Waals surface area (Å²) in [4.78, 5) is 12.0. The van der Waals surface area contributed by atoms with Crippen molar-refractivity contribution < 1.29 is 13.9 Å². The van der Waals surface area contributed by atoms with Gasteiger partial charge in [0.15, 0.2) is 0 Å². The molecule has 2 heterocycles. The molecule has 0 aliphatic carbocycles. The molecule has 1 aliphatic rings. The largest absolute Gasteiger partial charge is 0.452 e. The minimum absolute atomic E-state index is 0.0966. The highest BCUT2D eigenvalue weighted by Crippen LogP contribution is 2.24. The van der Waals surface area contributed by atoms with E-state index >= 15 is 0 Å². The second-order valence-electron chi connectivity index (χ2n) is 4.09. The molecule has 0 saturated carbocycles. The minimum atomic E-state index is -0.405. The molecule has 1 N–H and O–H groups in total. The average Bonchev–Trinajstić information content (AvgIpc) is 2.77. The molecule has 94 valence electrons. The van der Waals surface area contributed by atoms with Crippen LogP contribution in [-0.4, -0.2) is 30.5 Å². The topological polar surface area (TPSA) is 51.5 Å². The van der Waals surface area contributed by atoms with Gasteiger partial charge in [-0.05, 0) is 30.5 Å². The van der Waals surface area contributed by atoms with Crippen LogP contribution in [0.1, 0.15) is 23.2 Å². The van der Waals surface area contributed by atoms with Gasteiger partial charge in [0.25, 0.3) is 5.91 Å². The van der Waals surface area contributed by atoms with E-state index in [1.807, 2.05) is 0 Å². The molecular formula is C11H13Cl2NO3. The first-order valence-electron chi connectivity index (χ1n) is 5.36. The zero-order valence-electron chi connectivity index (χ0n) is 9.17. The van der Waals surface area contributed by atoms with Crippen molar-refractivity contribution in [3.63, 3.8) is 0 Å². The number of rotatable bonds is 3. The number of ether oxygens (including phenoxy) is 1. The third-order valence-corrected chi connectivity index (χ3v) is 3.75. The van der Waals surface area contributed by atoms with Crippen LogP contribution in [0.25, 0.3) is 0 Å². The number of carbonyl (C=O) groups excluding carboxylic acids is 1. The van der Waals surface area contributed by atoms with Crippen molar-refractivity contribution in [3.8, 4) is 0 Å². The molecule has 1 aromatic rings. The fraction of sp³-hybridized carbons (Fsp3) is 0.545. The Hall–Kier alpha value is -0.710. The maximum atomic E-state index is 12.0. The van der Waals surface area contributed by atoms with E-state index in [1.54, 1.807) is 6.07 Å². The van der Waals surface area contributed by atoms with Crippen molar-refractivity contribution >= 4 is 29.1 Å². The number of furan rings is 1. The molecule has 17 heavy (non-hydrogen) atoms. The molecule has 0 aromatic carbocycles. The number of alkyl halides is 1. The molecule has 0 bridgehead atoms. The molecule has 0 unspecified atom stereocenters. The van der Waals surface area contributed by atoms with Crippen LogP contribution in [0.4, 0.5) is 0 Å². The fourth-order valence-electron chi connectivity index (χ4n) is 1.82. The Balaban J connectivity index is 2.08. The maximum absolute atomic E-state index is 12.0. The highest BCUT2D eigenvalue weighted by Gasteiger charge is 2.34. The van der Waals surface area contributed by atoms with Crippen LogP contribution in [0, 0.1) is 0 Å². The van der Waals surface area contributed by atoms with Gasteiger partial charge in [-0.3, -0.25) is 4.79 Å². The Bertz CT molecular complexity index is 399. The number of hydrogen-bond donors (Lipinski definition) is 1. The van der Waals surface area contributed by atoms with Crippen molar-refractivity contribution in [2.45, 2.75) is 18.4 Å². The average molecular weight is 278 g/mol. The normalized spacial score (nSPS) is 18.9. The third kappa shape index (κ3) is 2.76. The van der Waals surface area contributed by atoms with Gasteiger partial charge in [-0.1, -0.05) is 0 Å². The van der Waals surface area contributed by atoms with Gasteiger partial charge in [0.05, 0.1) is 17.4 Å². The summed E-state index contributed by atoms with van der Waals surface area (Å²) in [6, 6.07) is 1.54. The molecule has 0 radical (unpaired) electrons. The van der Waals surface area contributed by atoms with Gasteiger partial charge >= 0.3 is 0 Å². The quantitative estimate of drug-likeness (QED) is 0.864. The fourth-order valence-corrected chi connectivity index (χ4v) is 2.35. The zero-order chi connectivity index (χ0) is 12.3. The Morgan fingerprint density at radius 3 is 2.71 bits per heavy atom. The number of halogens is 2. The van der Waals surface area contributed by atoms with Crippen molar-refractivity contribution in [2.24, 2.45) is 0 Å². The van der Waals surface area contributed by atoms with Gasteiger partial charge in [0, 0.05) is 19.1 Å². The van der Waals surface area contributed by atoms with Crippen molar-refractivity contribution in [3.05, 3.63) is 23.1 Å². The molecule has 1 aliphatic heterocycles. The molecule has 0 spiro atoms. The van der Waals surface area contributed by atoms with Crippen LogP contribution in [0.2, 0.25) is 5.22 Å². The lowest BCUT2D eigenvalue weighted by Crippen LogP contribution is -2.53. The van der Waals surface area contributed by atoms with E-state index in [4.69, 9.17) is 32.4 Å². The molecule has 1 fully saturated rings. The summed E-state index contributed by atoms with van der Waals surface area (Å²) in [6.07, 6.45) is 2.80. The second kappa shape index (κ2) is 5.29. The molecule has 1 aromatic heterocycles. The van der Waals surface area contributed by atoms with Gasteiger partial charge in [-0.2, -0.15) is 0 Å². The molecule has 0 atom stereocenters. The van der Waals surface area contributed by atoms with E-state index in [2.05, 4.69) is 5.32 Å². The summed E-state index contributed by atoms with van der Waals surface area (Å²) in [5.74, 6) is 0.101. The van der Waals surface area contributed by atoms with Crippen LogP contribution in [0.15, 0.2) is 16.7 Å². The summed E-state index contributed by atoms with van der Waals surface area (Å²) in [5.41, 5.74) is -0.0695. The lowest BCUT2D eigenvalue weighted by atomic mass is 9.92. The van der Waals surface area contributed by atoms with Gasteiger partial charge in [-0.25, -0.2) is 0 Å². The third-order valence-electron chi connectivity index (χ3n) is 2.95. The summed E-state index contributed by atoms with van der Waals surface area (Å²) >= 11 is 11.7. The summed E-state index contributed by atoms with van der Waals surface area (Å²) < 4.78 is 10.2. The summed E-state index contributed by atoms with van der Waals surface area (Å²) in [5, 5.41) is 3.03. The number of nitrogens with one attached hydrogen (secondary N) is 1. The molecule has 1 amide bonds. The van der Waals surface area contributed by atoms with Crippen LogP contribution >= 0.6 is 23.2 Å². The van der Waals surface area contributed by atoms with E-state index in [0.717, 1.165) is 0 Å². The first kappa shape index (κ1) is 12.7. The standard InChI is InChI=1S/C11H13Cl2NO3/c12-7-11(2-5-16-6-3-11)14-10(15)8-1-4-17-9(8)13/h1,4H,2-3,5-7H2,(H,14,15). The van der Waals surface area contributed by atoms with Crippen molar-refractivity contribution in [1.29, 1.82) is 0 Å². The number of carbonyl (C=O) groups is 1. The van der Waals surface area contributed by atoms with Gasteiger partial charge in [0.1, 0.15) is 0 Å². The first-order valence-corrected chi connectivity index (χ1v) is 6.27. The lowest BCUT2D eigenvalue weighted by Gasteiger charge is -2.36. The van der Waals surface area contributed by atoms with Crippen LogP contribution in [0.5, 0.6) is 0 Å². The summed E-state index contributed by atoms with van der Waals surface area (Å²) in [6.45, 7) is 1.21. The predicted molar refractivity (Wildman–Crippen MR) is 64.7 cm³/mol. The van der Waals surface area contributed by atoms with E-state index in [0.29, 0.717) is 37.5 Å². The first-order chi connectivity index (χ1) is 8.17. The maximum Gasteiger partial charge on any atom is 0.256 e.